The van der Waals surface area contributed by atoms with Crippen molar-refractivity contribution < 1.29 is 19.2 Å². The minimum Gasteiger partial charge on any atom is -0.317 e. The molecule has 0 radical (unpaired) electrons. The van der Waals surface area contributed by atoms with Gasteiger partial charge in [-0.25, -0.2) is 4.57 Å². The molecule has 0 rings (SSSR count). The van der Waals surface area contributed by atoms with Crippen LogP contribution in [0.25, 0.3) is 0 Å². The fourth-order valence-electron chi connectivity index (χ4n) is 0.479. The van der Waals surface area contributed by atoms with Gasteiger partial charge < -0.3 is 20.0 Å². The van der Waals surface area contributed by atoms with Crippen LogP contribution in [-0.4, -0.2) is 27.8 Å². The third-order valence-electron chi connectivity index (χ3n) is 0.854. The molecule has 4 N–H and O–H groups in total. The van der Waals surface area contributed by atoms with Gasteiger partial charge in [-0.15, -0.1) is 12.4 Å². The summed E-state index contributed by atoms with van der Waals surface area (Å²) in [7, 11) is -4.64. The molecule has 0 spiro atoms. The number of hydrogen-bond acceptors (Lipinski definition) is 2. The molecule has 0 heterocycles. The minimum atomic E-state index is -4.64. The maximum absolute atomic E-state index is 8.88. The number of halogens is 1. The van der Waals surface area contributed by atoms with Crippen molar-refractivity contribution in [2.24, 2.45) is 0 Å². The zero-order valence-corrected chi connectivity index (χ0v) is 9.64. The maximum atomic E-state index is 8.88. The predicted octanol–water partition coefficient (Wildman–Crippen LogP) is 0.889. The largest absolute Gasteiger partial charge is 0.466 e. The first-order valence-electron chi connectivity index (χ1n) is 3.90. The standard InChI is InChI=1S/C6H15N.ClH.H3O4P/c1-3-5-7-6-4-2;;1-5(2,3)4/h7H,3-6H2,1-2H3;1H;(H3,1,2,3,4). The topological polar surface area (TPSA) is 89.8 Å². The van der Waals surface area contributed by atoms with Crippen LogP contribution >= 0.6 is 20.2 Å². The summed E-state index contributed by atoms with van der Waals surface area (Å²) in [5.41, 5.74) is 0. The zero-order valence-electron chi connectivity index (χ0n) is 7.93. The van der Waals surface area contributed by atoms with Crippen molar-refractivity contribution in [3.8, 4) is 0 Å². The Bertz CT molecular complexity index is 118. The smallest absolute Gasteiger partial charge is 0.317 e. The Morgan fingerprint density at radius 3 is 1.46 bits per heavy atom. The van der Waals surface area contributed by atoms with E-state index in [-0.39, 0.29) is 12.4 Å². The lowest BCUT2D eigenvalue weighted by Gasteiger charge is -1.95. The molecule has 7 heteroatoms. The van der Waals surface area contributed by atoms with Crippen molar-refractivity contribution in [1.29, 1.82) is 0 Å². The van der Waals surface area contributed by atoms with Crippen LogP contribution in [0.2, 0.25) is 0 Å². The summed E-state index contributed by atoms with van der Waals surface area (Å²) < 4.78 is 8.88. The molecule has 0 aliphatic carbocycles. The highest BCUT2D eigenvalue weighted by molar-refractivity contribution is 7.45. The summed E-state index contributed by atoms with van der Waals surface area (Å²) in [6.07, 6.45) is 2.50. The van der Waals surface area contributed by atoms with E-state index in [2.05, 4.69) is 19.2 Å². The molecule has 0 aliphatic heterocycles. The van der Waals surface area contributed by atoms with Crippen molar-refractivity contribution in [3.05, 3.63) is 0 Å². The fraction of sp³-hybridized carbons (Fsp3) is 1.00. The highest BCUT2D eigenvalue weighted by Crippen LogP contribution is 2.25. The fourth-order valence-corrected chi connectivity index (χ4v) is 0.479. The summed E-state index contributed by atoms with van der Waals surface area (Å²) >= 11 is 0. The van der Waals surface area contributed by atoms with E-state index < -0.39 is 7.82 Å². The highest BCUT2D eigenvalue weighted by atomic mass is 35.5. The van der Waals surface area contributed by atoms with E-state index in [9.17, 15) is 0 Å². The molecule has 13 heavy (non-hydrogen) atoms. The van der Waals surface area contributed by atoms with Gasteiger partial charge in [0.15, 0.2) is 0 Å². The van der Waals surface area contributed by atoms with Gasteiger partial charge in [-0.05, 0) is 25.9 Å². The molecule has 5 nitrogen and oxygen atoms in total. The first-order valence-corrected chi connectivity index (χ1v) is 5.47. The first kappa shape index (κ1) is 19.0. The van der Waals surface area contributed by atoms with E-state index in [4.69, 9.17) is 19.2 Å². The second-order valence-corrected chi connectivity index (χ2v) is 3.29. The van der Waals surface area contributed by atoms with Crippen LogP contribution in [0.4, 0.5) is 0 Å². The van der Waals surface area contributed by atoms with Crippen LogP contribution in [0.5, 0.6) is 0 Å². The quantitative estimate of drug-likeness (QED) is 0.429. The molecular formula is C6H19ClNO4P. The molecule has 0 saturated carbocycles. The molecule has 0 atom stereocenters. The Balaban J connectivity index is -0.000000150. The molecule has 0 aromatic heterocycles. The molecule has 0 unspecified atom stereocenters. The van der Waals surface area contributed by atoms with Crippen molar-refractivity contribution in [1.82, 2.24) is 5.32 Å². The lowest BCUT2D eigenvalue weighted by atomic mass is 10.4. The van der Waals surface area contributed by atoms with Crippen molar-refractivity contribution in [2.45, 2.75) is 26.7 Å². The molecule has 0 aliphatic rings. The Morgan fingerprint density at radius 1 is 1.08 bits per heavy atom. The van der Waals surface area contributed by atoms with E-state index in [1.54, 1.807) is 0 Å². The van der Waals surface area contributed by atoms with Gasteiger partial charge in [-0.3, -0.25) is 0 Å². The number of phosphoric acid groups is 1. The van der Waals surface area contributed by atoms with Crippen LogP contribution < -0.4 is 5.32 Å². The molecule has 84 valence electrons. The van der Waals surface area contributed by atoms with Crippen LogP contribution in [0.1, 0.15) is 26.7 Å². The van der Waals surface area contributed by atoms with Crippen LogP contribution in [0, 0.1) is 0 Å². The third-order valence-corrected chi connectivity index (χ3v) is 0.854. The molecule has 0 fully saturated rings. The summed E-state index contributed by atoms with van der Waals surface area (Å²) in [6.45, 7) is 6.72. The second-order valence-electron chi connectivity index (χ2n) is 2.26. The lowest BCUT2D eigenvalue weighted by molar-refractivity contribution is 0.275. The van der Waals surface area contributed by atoms with Gasteiger partial charge in [-0.2, -0.15) is 0 Å². The highest BCUT2D eigenvalue weighted by Gasteiger charge is 2.00. The van der Waals surface area contributed by atoms with E-state index in [1.165, 1.54) is 25.9 Å². The second kappa shape index (κ2) is 12.4. The van der Waals surface area contributed by atoms with Gasteiger partial charge in [0.05, 0.1) is 0 Å². The zero-order chi connectivity index (χ0) is 10.0. The van der Waals surface area contributed by atoms with Crippen LogP contribution in [0.3, 0.4) is 0 Å². The SMILES string of the molecule is CCCNCCC.Cl.O=P(O)(O)O. The van der Waals surface area contributed by atoms with Crippen molar-refractivity contribution in [3.63, 3.8) is 0 Å². The predicted molar refractivity (Wildman–Crippen MR) is 55.0 cm³/mol. The Hall–Kier alpha value is 0.360. The molecule has 0 aromatic carbocycles. The average molecular weight is 236 g/mol. The van der Waals surface area contributed by atoms with Crippen LogP contribution in [-0.2, 0) is 4.57 Å². The Kier molecular flexibility index (Phi) is 18.1. The molecular weight excluding hydrogens is 216 g/mol. The monoisotopic (exact) mass is 235 g/mol. The lowest BCUT2D eigenvalue weighted by Crippen LogP contribution is -2.14. The van der Waals surface area contributed by atoms with E-state index >= 15 is 0 Å². The summed E-state index contributed by atoms with van der Waals surface area (Å²) in [5, 5.41) is 3.28. The third kappa shape index (κ3) is 69.8. The number of rotatable bonds is 4. The minimum absolute atomic E-state index is 0. The molecule has 0 aromatic rings. The Morgan fingerprint density at radius 2 is 1.31 bits per heavy atom. The van der Waals surface area contributed by atoms with E-state index in [0.717, 1.165) is 0 Å². The normalized spacial score (nSPS) is 9.62. The maximum Gasteiger partial charge on any atom is 0.466 e. The van der Waals surface area contributed by atoms with Crippen molar-refractivity contribution >= 4 is 20.2 Å². The van der Waals surface area contributed by atoms with Gasteiger partial charge >= 0.3 is 7.82 Å². The summed E-state index contributed by atoms with van der Waals surface area (Å²) in [5.74, 6) is 0. The van der Waals surface area contributed by atoms with Crippen LogP contribution in [0.15, 0.2) is 0 Å². The van der Waals surface area contributed by atoms with E-state index in [0.29, 0.717) is 0 Å². The average Bonchev–Trinajstić information content (AvgIpc) is 1.85. The molecule has 0 saturated heterocycles. The van der Waals surface area contributed by atoms with Gasteiger partial charge in [0.2, 0.25) is 0 Å². The van der Waals surface area contributed by atoms with Crippen molar-refractivity contribution in [2.75, 3.05) is 13.1 Å². The molecule has 0 amide bonds. The number of hydrogen-bond donors (Lipinski definition) is 4. The first-order chi connectivity index (χ1) is 5.41. The summed E-state index contributed by atoms with van der Waals surface area (Å²) in [4.78, 5) is 21.6. The van der Waals surface area contributed by atoms with E-state index in [1.807, 2.05) is 0 Å². The Labute approximate surface area is 85.2 Å². The van der Waals surface area contributed by atoms with Gasteiger partial charge in [0, 0.05) is 0 Å². The molecule has 0 bridgehead atoms. The van der Waals surface area contributed by atoms with Gasteiger partial charge in [0.25, 0.3) is 0 Å². The van der Waals surface area contributed by atoms with Gasteiger partial charge in [0.1, 0.15) is 0 Å². The summed E-state index contributed by atoms with van der Waals surface area (Å²) in [6, 6.07) is 0. The van der Waals surface area contributed by atoms with Gasteiger partial charge in [-0.1, -0.05) is 13.8 Å². The number of nitrogens with one attached hydrogen (secondary N) is 1.